The topological polar surface area (TPSA) is 71.3 Å². The first-order chi connectivity index (χ1) is 12.2. The Morgan fingerprint density at radius 2 is 2.04 bits per heavy atom. The summed E-state index contributed by atoms with van der Waals surface area (Å²) in [6.45, 7) is 0.282. The van der Waals surface area contributed by atoms with Gasteiger partial charge in [0.2, 0.25) is 5.91 Å². The van der Waals surface area contributed by atoms with Crippen LogP contribution in [0.4, 0.5) is 5.69 Å². The molecule has 3 rings (SSSR count). The SMILES string of the molecule is O=C(CCNC(=O)c1ccoc1)Nc1cccc(C2SCCCS2)c1. The van der Waals surface area contributed by atoms with Gasteiger partial charge in [-0.15, -0.1) is 23.5 Å². The Hall–Kier alpha value is -1.86. The van der Waals surface area contributed by atoms with E-state index >= 15 is 0 Å². The van der Waals surface area contributed by atoms with Crippen molar-refractivity contribution in [1.82, 2.24) is 5.32 Å². The molecular weight excluding hydrogens is 356 g/mol. The lowest BCUT2D eigenvalue weighted by Crippen LogP contribution is -2.27. The number of carbonyl (C=O) groups is 2. The quantitative estimate of drug-likeness (QED) is 0.800. The number of carbonyl (C=O) groups excluding carboxylic acids is 2. The molecular formula is C18H20N2O3S2. The van der Waals surface area contributed by atoms with Crippen molar-refractivity contribution >= 4 is 41.0 Å². The summed E-state index contributed by atoms with van der Waals surface area (Å²) >= 11 is 3.91. The third-order valence-corrected chi connectivity index (χ3v) is 6.71. The van der Waals surface area contributed by atoms with Gasteiger partial charge in [-0.3, -0.25) is 9.59 Å². The minimum absolute atomic E-state index is 0.117. The predicted molar refractivity (Wildman–Crippen MR) is 103 cm³/mol. The fraction of sp³-hybridized carbons (Fsp3) is 0.333. The third-order valence-electron chi connectivity index (χ3n) is 3.69. The molecule has 2 N–H and O–H groups in total. The Bertz CT molecular complexity index is 713. The zero-order chi connectivity index (χ0) is 17.5. The first kappa shape index (κ1) is 17.9. The highest BCUT2D eigenvalue weighted by Gasteiger charge is 2.17. The monoisotopic (exact) mass is 376 g/mol. The molecule has 0 radical (unpaired) electrons. The van der Waals surface area contributed by atoms with Crippen LogP contribution in [-0.2, 0) is 4.79 Å². The van der Waals surface area contributed by atoms with Crippen LogP contribution < -0.4 is 10.6 Å². The van der Waals surface area contributed by atoms with Gasteiger partial charge in [0.1, 0.15) is 6.26 Å². The summed E-state index contributed by atoms with van der Waals surface area (Å²) in [6, 6.07) is 9.60. The average Bonchev–Trinajstić information content (AvgIpc) is 3.17. The molecule has 5 nitrogen and oxygen atoms in total. The van der Waals surface area contributed by atoms with Gasteiger partial charge in [0, 0.05) is 18.7 Å². The lowest BCUT2D eigenvalue weighted by Gasteiger charge is -2.21. The standard InChI is InChI=1S/C18H20N2O3S2/c21-16(5-7-19-17(22)14-6-8-23-12-14)20-15-4-1-3-13(11-15)18-24-9-2-10-25-18/h1,3-4,6,8,11-12,18H,2,5,7,9-10H2,(H,19,22)(H,20,21). The van der Waals surface area contributed by atoms with Gasteiger partial charge in [-0.25, -0.2) is 0 Å². The molecule has 25 heavy (non-hydrogen) atoms. The largest absolute Gasteiger partial charge is 0.472 e. The van der Waals surface area contributed by atoms with Crippen LogP contribution in [0.25, 0.3) is 0 Å². The highest BCUT2D eigenvalue weighted by atomic mass is 32.2. The summed E-state index contributed by atoms with van der Waals surface area (Å²) in [5, 5.41) is 5.60. The number of hydrogen-bond acceptors (Lipinski definition) is 5. The van der Waals surface area contributed by atoms with Gasteiger partial charge in [-0.05, 0) is 41.7 Å². The first-order valence-corrected chi connectivity index (χ1v) is 10.3. The second-order valence-corrected chi connectivity index (χ2v) is 8.34. The summed E-state index contributed by atoms with van der Waals surface area (Å²) in [5.41, 5.74) is 2.49. The van der Waals surface area contributed by atoms with Crippen LogP contribution in [0.5, 0.6) is 0 Å². The van der Waals surface area contributed by atoms with Gasteiger partial charge < -0.3 is 15.1 Å². The number of hydrogen-bond donors (Lipinski definition) is 2. The third kappa shape index (κ3) is 5.31. The number of rotatable bonds is 6. The number of furan rings is 1. The van der Waals surface area contributed by atoms with Crippen molar-refractivity contribution < 1.29 is 14.0 Å². The molecule has 0 atom stereocenters. The van der Waals surface area contributed by atoms with E-state index in [0.717, 1.165) is 5.69 Å². The van der Waals surface area contributed by atoms with Gasteiger partial charge in [0.15, 0.2) is 0 Å². The molecule has 0 spiro atoms. The molecule has 1 aromatic heterocycles. The van der Waals surface area contributed by atoms with Crippen molar-refractivity contribution in [3.05, 3.63) is 54.0 Å². The average molecular weight is 377 g/mol. The van der Waals surface area contributed by atoms with Gasteiger partial charge in [0.05, 0.1) is 16.4 Å². The minimum atomic E-state index is -0.241. The molecule has 1 saturated heterocycles. The second kappa shape index (κ2) is 9.01. The van der Waals surface area contributed by atoms with Crippen LogP contribution in [0, 0.1) is 0 Å². The molecule has 132 valence electrons. The molecule has 2 aromatic rings. The summed E-state index contributed by atoms with van der Waals surface area (Å²) < 4.78 is 5.30. The summed E-state index contributed by atoms with van der Waals surface area (Å²) in [4.78, 5) is 23.8. The fourth-order valence-electron chi connectivity index (χ4n) is 2.45. The molecule has 1 aromatic carbocycles. The van der Waals surface area contributed by atoms with Crippen molar-refractivity contribution in [2.45, 2.75) is 17.4 Å². The van der Waals surface area contributed by atoms with Crippen molar-refractivity contribution in [3.63, 3.8) is 0 Å². The van der Waals surface area contributed by atoms with Gasteiger partial charge >= 0.3 is 0 Å². The summed E-state index contributed by atoms with van der Waals surface area (Å²) in [7, 11) is 0. The smallest absolute Gasteiger partial charge is 0.254 e. The molecule has 1 fully saturated rings. The molecule has 0 unspecified atom stereocenters. The lowest BCUT2D eigenvalue weighted by molar-refractivity contribution is -0.116. The first-order valence-electron chi connectivity index (χ1n) is 8.16. The van der Waals surface area contributed by atoms with Crippen LogP contribution in [0.15, 0.2) is 47.3 Å². The molecule has 0 aliphatic carbocycles. The maximum absolute atomic E-state index is 12.1. The van der Waals surface area contributed by atoms with E-state index < -0.39 is 0 Å². The highest BCUT2D eigenvalue weighted by molar-refractivity contribution is 8.16. The summed E-state index contributed by atoms with van der Waals surface area (Å²) in [5.74, 6) is 2.01. The van der Waals surface area contributed by atoms with E-state index in [4.69, 9.17) is 4.42 Å². The number of nitrogens with one attached hydrogen (secondary N) is 2. The van der Waals surface area contributed by atoms with E-state index in [1.165, 1.54) is 36.0 Å². The van der Waals surface area contributed by atoms with Crippen LogP contribution >= 0.6 is 23.5 Å². The van der Waals surface area contributed by atoms with Gasteiger partial charge in [0.25, 0.3) is 5.91 Å². The Balaban J connectivity index is 1.46. The van der Waals surface area contributed by atoms with Crippen LogP contribution in [0.2, 0.25) is 0 Å². The van der Waals surface area contributed by atoms with Crippen LogP contribution in [0.1, 0.15) is 33.3 Å². The maximum Gasteiger partial charge on any atom is 0.254 e. The number of benzene rings is 1. The number of anilines is 1. The molecule has 0 saturated carbocycles. The molecule has 1 aliphatic rings. The Labute approximate surface area is 155 Å². The Kier molecular flexibility index (Phi) is 6.47. The second-order valence-electron chi connectivity index (χ2n) is 5.62. The lowest BCUT2D eigenvalue weighted by atomic mass is 10.2. The van der Waals surface area contributed by atoms with Crippen LogP contribution in [-0.4, -0.2) is 29.9 Å². The van der Waals surface area contributed by atoms with Crippen LogP contribution in [0.3, 0.4) is 0 Å². The van der Waals surface area contributed by atoms with E-state index in [-0.39, 0.29) is 24.8 Å². The van der Waals surface area contributed by atoms with Crippen molar-refractivity contribution in [3.8, 4) is 0 Å². The predicted octanol–water partition coefficient (Wildman–Crippen LogP) is 3.91. The van der Waals surface area contributed by atoms with Crippen molar-refractivity contribution in [2.75, 3.05) is 23.4 Å². The zero-order valence-corrected chi connectivity index (χ0v) is 15.3. The molecule has 2 amide bonds. The Morgan fingerprint density at radius 3 is 2.80 bits per heavy atom. The molecule has 0 bridgehead atoms. The molecule has 2 heterocycles. The van der Waals surface area contributed by atoms with Crippen molar-refractivity contribution in [1.29, 1.82) is 0 Å². The van der Waals surface area contributed by atoms with E-state index in [9.17, 15) is 9.59 Å². The highest BCUT2D eigenvalue weighted by Crippen LogP contribution is 2.43. The van der Waals surface area contributed by atoms with Gasteiger partial charge in [-0.1, -0.05) is 12.1 Å². The van der Waals surface area contributed by atoms with Crippen molar-refractivity contribution in [2.24, 2.45) is 0 Å². The van der Waals surface area contributed by atoms with E-state index in [1.807, 2.05) is 41.7 Å². The van der Waals surface area contributed by atoms with E-state index in [0.29, 0.717) is 10.1 Å². The summed E-state index contributed by atoms with van der Waals surface area (Å²) in [6.07, 6.45) is 4.30. The number of amides is 2. The minimum Gasteiger partial charge on any atom is -0.472 e. The van der Waals surface area contributed by atoms with E-state index in [1.54, 1.807) is 6.07 Å². The fourth-order valence-corrected chi connectivity index (χ4v) is 5.33. The van der Waals surface area contributed by atoms with E-state index in [2.05, 4.69) is 16.7 Å². The molecule has 1 aliphatic heterocycles. The normalized spacial score (nSPS) is 14.9. The zero-order valence-electron chi connectivity index (χ0n) is 13.7. The maximum atomic E-state index is 12.1. The number of thioether (sulfide) groups is 2. The molecule has 7 heteroatoms. The van der Waals surface area contributed by atoms with Gasteiger partial charge in [-0.2, -0.15) is 0 Å². The Morgan fingerprint density at radius 1 is 1.20 bits per heavy atom.